The highest BCUT2D eigenvalue weighted by molar-refractivity contribution is 7.22. The van der Waals surface area contributed by atoms with Gasteiger partial charge in [-0.1, -0.05) is 47.7 Å². The van der Waals surface area contributed by atoms with E-state index in [-0.39, 0.29) is 18.5 Å². The maximum absolute atomic E-state index is 12.3. The van der Waals surface area contributed by atoms with Crippen LogP contribution in [0.2, 0.25) is 0 Å². The minimum atomic E-state index is -0.0370. The first-order valence-corrected chi connectivity index (χ1v) is 8.89. The predicted octanol–water partition coefficient (Wildman–Crippen LogP) is 3.62. The number of carbonyl (C=O) groups is 1. The summed E-state index contributed by atoms with van der Waals surface area (Å²) in [6.45, 7) is 2.23. The van der Waals surface area contributed by atoms with Crippen LogP contribution in [0.4, 0.5) is 5.13 Å². The lowest BCUT2D eigenvalue weighted by Gasteiger charge is -2.18. The van der Waals surface area contributed by atoms with Crippen molar-refractivity contribution in [3.05, 3.63) is 54.1 Å². The third kappa shape index (κ3) is 3.91. The largest absolute Gasteiger partial charge is 0.494 e. The fourth-order valence-corrected chi connectivity index (χ4v) is 3.58. The summed E-state index contributed by atoms with van der Waals surface area (Å²) in [5, 5.41) is 3.82. The minimum Gasteiger partial charge on any atom is -0.494 e. The molecule has 0 fully saturated rings. The molecule has 0 bridgehead atoms. The molecular weight excluding hydrogens is 334 g/mol. The van der Waals surface area contributed by atoms with Crippen LogP contribution >= 0.6 is 11.3 Å². The Labute approximate surface area is 151 Å². The topological polar surface area (TPSA) is 54.5 Å². The van der Waals surface area contributed by atoms with Crippen LogP contribution in [0.15, 0.2) is 48.5 Å². The van der Waals surface area contributed by atoms with Crippen molar-refractivity contribution in [3.8, 4) is 5.75 Å². The molecule has 1 amide bonds. The number of hydrogen-bond acceptors (Lipinski definition) is 5. The average molecular weight is 355 g/mol. The fourth-order valence-electron chi connectivity index (χ4n) is 2.63. The van der Waals surface area contributed by atoms with Crippen molar-refractivity contribution in [2.75, 3.05) is 25.6 Å². The van der Waals surface area contributed by atoms with Gasteiger partial charge in [0.05, 0.1) is 24.4 Å². The highest BCUT2D eigenvalue weighted by Crippen LogP contribution is 2.33. The zero-order valence-electron chi connectivity index (χ0n) is 14.5. The van der Waals surface area contributed by atoms with Gasteiger partial charge < -0.3 is 15.0 Å². The molecule has 25 heavy (non-hydrogen) atoms. The second-order valence-corrected chi connectivity index (χ2v) is 6.87. The quantitative estimate of drug-likeness (QED) is 0.734. The summed E-state index contributed by atoms with van der Waals surface area (Å²) in [5.41, 5.74) is 1.91. The van der Waals surface area contributed by atoms with E-state index in [9.17, 15) is 4.79 Å². The Morgan fingerprint density at radius 2 is 2.00 bits per heavy atom. The van der Waals surface area contributed by atoms with Crippen LogP contribution in [0.1, 0.15) is 18.5 Å². The number of thiazole rings is 1. The molecule has 0 radical (unpaired) electrons. The summed E-state index contributed by atoms with van der Waals surface area (Å²) in [5.74, 6) is 0.709. The maximum Gasteiger partial charge on any atom is 0.240 e. The third-order valence-electron chi connectivity index (χ3n) is 3.97. The number of anilines is 1. The Morgan fingerprint density at radius 3 is 2.72 bits per heavy atom. The normalized spacial score (nSPS) is 12.0. The Bertz CT molecular complexity index is 863. The molecule has 0 spiro atoms. The number of nitrogens with zero attached hydrogens (tertiary/aromatic N) is 2. The van der Waals surface area contributed by atoms with Gasteiger partial charge in [0.2, 0.25) is 5.91 Å². The van der Waals surface area contributed by atoms with Crippen molar-refractivity contribution in [3.63, 3.8) is 0 Å². The lowest BCUT2D eigenvalue weighted by molar-refractivity contribution is -0.120. The maximum atomic E-state index is 12.3. The van der Waals surface area contributed by atoms with Gasteiger partial charge in [-0.3, -0.25) is 4.79 Å². The lowest BCUT2D eigenvalue weighted by Crippen LogP contribution is -2.36. The lowest BCUT2D eigenvalue weighted by atomic mass is 10.1. The molecule has 0 aliphatic carbocycles. The molecule has 0 saturated carbocycles. The first kappa shape index (κ1) is 17.2. The van der Waals surface area contributed by atoms with Crippen molar-refractivity contribution in [2.24, 2.45) is 0 Å². The van der Waals surface area contributed by atoms with Crippen LogP contribution in [0.25, 0.3) is 10.2 Å². The summed E-state index contributed by atoms with van der Waals surface area (Å²) >= 11 is 1.55. The van der Waals surface area contributed by atoms with Gasteiger partial charge in [0, 0.05) is 7.05 Å². The van der Waals surface area contributed by atoms with Crippen LogP contribution in [-0.4, -0.2) is 31.6 Å². The molecule has 1 N–H and O–H groups in total. The average Bonchev–Trinajstić information content (AvgIpc) is 3.06. The van der Waals surface area contributed by atoms with Gasteiger partial charge in [-0.2, -0.15) is 0 Å². The summed E-state index contributed by atoms with van der Waals surface area (Å²) in [4.78, 5) is 18.8. The van der Waals surface area contributed by atoms with Gasteiger partial charge >= 0.3 is 0 Å². The number of nitrogens with one attached hydrogen (secondary N) is 1. The Balaban J connectivity index is 1.67. The van der Waals surface area contributed by atoms with Crippen molar-refractivity contribution in [1.82, 2.24) is 10.3 Å². The first-order valence-electron chi connectivity index (χ1n) is 8.07. The zero-order chi connectivity index (χ0) is 17.8. The molecular formula is C19H21N3O2S. The number of hydrogen-bond donors (Lipinski definition) is 1. The molecule has 6 heteroatoms. The van der Waals surface area contributed by atoms with Gasteiger partial charge in [0.15, 0.2) is 5.13 Å². The predicted molar refractivity (Wildman–Crippen MR) is 102 cm³/mol. The number of rotatable bonds is 6. The smallest absolute Gasteiger partial charge is 0.240 e. The Morgan fingerprint density at radius 1 is 1.24 bits per heavy atom. The second-order valence-electron chi connectivity index (χ2n) is 5.86. The number of ether oxygens (including phenoxy) is 1. The Kier molecular flexibility index (Phi) is 5.19. The van der Waals surface area contributed by atoms with Gasteiger partial charge in [0.1, 0.15) is 11.3 Å². The van der Waals surface area contributed by atoms with E-state index in [1.807, 2.05) is 67.4 Å². The molecule has 3 rings (SSSR count). The summed E-state index contributed by atoms with van der Waals surface area (Å²) in [6.07, 6.45) is 0. The van der Waals surface area contributed by atoms with E-state index < -0.39 is 0 Å². The molecule has 1 atom stereocenters. The molecule has 0 saturated heterocycles. The van der Waals surface area contributed by atoms with Crippen molar-refractivity contribution < 1.29 is 9.53 Å². The van der Waals surface area contributed by atoms with Gasteiger partial charge in [0.25, 0.3) is 0 Å². The van der Waals surface area contributed by atoms with E-state index in [1.165, 1.54) is 0 Å². The van der Waals surface area contributed by atoms with E-state index in [4.69, 9.17) is 4.74 Å². The van der Waals surface area contributed by atoms with Gasteiger partial charge in [-0.15, -0.1) is 0 Å². The molecule has 1 heterocycles. The van der Waals surface area contributed by atoms with Gasteiger partial charge in [-0.25, -0.2) is 4.98 Å². The molecule has 0 aliphatic rings. The minimum absolute atomic E-state index is 0.0300. The number of methoxy groups -OCH3 is 1. The molecule has 3 aromatic rings. The number of likely N-dealkylation sites (N-methyl/N-ethyl adjacent to an activating group) is 1. The standard InChI is InChI=1S/C19H21N3O2S/c1-13(14-8-5-4-6-9-14)20-17(23)12-22(2)19-21-18-15(24-3)10-7-11-16(18)25-19/h4-11,13H,12H2,1-3H3,(H,20,23). The summed E-state index contributed by atoms with van der Waals surface area (Å²) < 4.78 is 6.39. The van der Waals surface area contributed by atoms with E-state index in [2.05, 4.69) is 10.3 Å². The number of aromatic nitrogens is 1. The van der Waals surface area contributed by atoms with Crippen LogP contribution in [0.5, 0.6) is 5.75 Å². The molecule has 1 unspecified atom stereocenters. The fraction of sp³-hybridized carbons (Fsp3) is 0.263. The highest BCUT2D eigenvalue weighted by Gasteiger charge is 2.15. The van der Waals surface area contributed by atoms with Crippen LogP contribution in [-0.2, 0) is 4.79 Å². The van der Waals surface area contributed by atoms with Crippen molar-refractivity contribution >= 4 is 32.6 Å². The molecule has 5 nitrogen and oxygen atoms in total. The van der Waals surface area contributed by atoms with Gasteiger partial charge in [-0.05, 0) is 24.6 Å². The molecule has 2 aromatic carbocycles. The van der Waals surface area contributed by atoms with E-state index in [1.54, 1.807) is 18.4 Å². The highest BCUT2D eigenvalue weighted by atomic mass is 32.1. The molecule has 130 valence electrons. The SMILES string of the molecule is COc1cccc2sc(N(C)CC(=O)NC(C)c3ccccc3)nc12. The van der Waals surface area contributed by atoms with Crippen molar-refractivity contribution in [2.45, 2.75) is 13.0 Å². The van der Waals surface area contributed by atoms with E-state index in [0.29, 0.717) is 0 Å². The Hall–Kier alpha value is -2.60. The number of fused-ring (bicyclic) bond motifs is 1. The molecule has 1 aromatic heterocycles. The van der Waals surface area contributed by atoms with E-state index in [0.717, 1.165) is 26.7 Å². The van der Waals surface area contributed by atoms with Crippen LogP contribution in [0.3, 0.4) is 0 Å². The van der Waals surface area contributed by atoms with E-state index >= 15 is 0 Å². The third-order valence-corrected chi connectivity index (χ3v) is 5.11. The van der Waals surface area contributed by atoms with Crippen LogP contribution < -0.4 is 15.0 Å². The van der Waals surface area contributed by atoms with Crippen molar-refractivity contribution in [1.29, 1.82) is 0 Å². The monoisotopic (exact) mass is 355 g/mol. The second kappa shape index (κ2) is 7.53. The first-order chi connectivity index (χ1) is 12.1. The van der Waals surface area contributed by atoms with Crippen LogP contribution in [0, 0.1) is 0 Å². The number of para-hydroxylation sites is 1. The molecule has 0 aliphatic heterocycles. The number of carbonyl (C=O) groups excluding carboxylic acids is 1. The summed E-state index contributed by atoms with van der Waals surface area (Å²) in [6, 6.07) is 15.7. The summed E-state index contributed by atoms with van der Waals surface area (Å²) in [7, 11) is 3.51. The number of benzene rings is 2. The zero-order valence-corrected chi connectivity index (χ0v) is 15.3. The number of amides is 1.